The SMILES string of the molecule is O=C(O)[C@H](CSCl)NCC(F)(F)F. The summed E-state index contributed by atoms with van der Waals surface area (Å²) < 4.78 is 34.9. The maximum atomic E-state index is 11.6. The molecule has 0 saturated carbocycles. The summed E-state index contributed by atoms with van der Waals surface area (Å²) in [5, 5.41) is 10.2. The minimum absolute atomic E-state index is 0.118. The number of nitrogens with one attached hydrogen (secondary N) is 1. The van der Waals surface area contributed by atoms with Gasteiger partial charge in [-0.1, -0.05) is 11.0 Å². The summed E-state index contributed by atoms with van der Waals surface area (Å²) in [4.78, 5) is 10.3. The summed E-state index contributed by atoms with van der Waals surface area (Å²) in [7, 11) is 5.77. The van der Waals surface area contributed by atoms with Crippen LogP contribution in [0.25, 0.3) is 0 Å². The summed E-state index contributed by atoms with van der Waals surface area (Å²) in [5.41, 5.74) is 0. The van der Waals surface area contributed by atoms with Gasteiger partial charge in [0.05, 0.1) is 6.54 Å². The van der Waals surface area contributed by atoms with Crippen LogP contribution in [0.1, 0.15) is 0 Å². The molecule has 13 heavy (non-hydrogen) atoms. The molecule has 0 aliphatic carbocycles. The molecule has 0 aromatic carbocycles. The van der Waals surface area contributed by atoms with Gasteiger partial charge in [0.2, 0.25) is 0 Å². The molecule has 0 rings (SSSR count). The molecule has 1 atom stereocenters. The first-order valence-electron chi connectivity index (χ1n) is 3.13. The Hall–Kier alpha value is -0.140. The van der Waals surface area contributed by atoms with E-state index in [2.05, 4.69) is 0 Å². The topological polar surface area (TPSA) is 49.3 Å². The fraction of sp³-hybridized carbons (Fsp3) is 0.800. The highest BCUT2D eigenvalue weighted by molar-refractivity contribution is 8.21. The normalized spacial score (nSPS) is 14.2. The minimum atomic E-state index is -4.41. The van der Waals surface area contributed by atoms with Crippen LogP contribution in [0.3, 0.4) is 0 Å². The molecule has 8 heteroatoms. The molecule has 78 valence electrons. The van der Waals surface area contributed by atoms with Crippen molar-refractivity contribution in [1.29, 1.82) is 0 Å². The van der Waals surface area contributed by atoms with Gasteiger partial charge in [-0.3, -0.25) is 10.1 Å². The molecule has 0 unspecified atom stereocenters. The van der Waals surface area contributed by atoms with Gasteiger partial charge in [0.25, 0.3) is 0 Å². The van der Waals surface area contributed by atoms with E-state index in [-0.39, 0.29) is 5.75 Å². The molecule has 3 nitrogen and oxygen atoms in total. The first-order chi connectivity index (χ1) is 5.87. The second-order valence-corrected chi connectivity index (χ2v) is 3.37. The van der Waals surface area contributed by atoms with Crippen LogP contribution in [-0.2, 0) is 4.79 Å². The Morgan fingerprint density at radius 3 is 2.46 bits per heavy atom. The molecule has 0 aliphatic rings. The summed E-state index contributed by atoms with van der Waals surface area (Å²) in [6, 6.07) is -1.27. The van der Waals surface area contributed by atoms with Crippen LogP contribution in [0.5, 0.6) is 0 Å². The molecule has 0 aliphatic heterocycles. The first kappa shape index (κ1) is 12.9. The molecule has 0 aromatic heterocycles. The quantitative estimate of drug-likeness (QED) is 0.761. The Kier molecular flexibility index (Phi) is 5.50. The van der Waals surface area contributed by atoms with Crippen molar-refractivity contribution in [2.24, 2.45) is 0 Å². The smallest absolute Gasteiger partial charge is 0.401 e. The molecule has 0 heterocycles. The number of hydrogen-bond donors (Lipinski definition) is 2. The van der Waals surface area contributed by atoms with Crippen molar-refractivity contribution >= 4 is 27.6 Å². The average Bonchev–Trinajstić information content (AvgIpc) is 1.95. The van der Waals surface area contributed by atoms with Gasteiger partial charge in [-0.15, -0.1) is 0 Å². The summed E-state index contributed by atoms with van der Waals surface area (Å²) in [6.45, 7) is -1.33. The van der Waals surface area contributed by atoms with Crippen LogP contribution < -0.4 is 5.32 Å². The van der Waals surface area contributed by atoms with Gasteiger partial charge in [-0.05, 0) is 10.7 Å². The molecule has 2 N–H and O–H groups in total. The summed E-state index contributed by atoms with van der Waals surface area (Å²) in [6.07, 6.45) is -4.41. The zero-order valence-electron chi connectivity index (χ0n) is 6.27. The lowest BCUT2D eigenvalue weighted by Crippen LogP contribution is -2.43. The van der Waals surface area contributed by atoms with E-state index in [0.29, 0.717) is 11.0 Å². The number of aliphatic carboxylic acids is 1. The third-order valence-corrected chi connectivity index (χ3v) is 1.91. The van der Waals surface area contributed by atoms with Crippen molar-refractivity contribution in [3.63, 3.8) is 0 Å². The maximum absolute atomic E-state index is 11.6. The highest BCUT2D eigenvalue weighted by atomic mass is 35.7. The zero-order valence-corrected chi connectivity index (χ0v) is 7.84. The Morgan fingerprint density at radius 2 is 2.15 bits per heavy atom. The van der Waals surface area contributed by atoms with Gasteiger partial charge in [-0.25, -0.2) is 0 Å². The van der Waals surface area contributed by atoms with Crippen LogP contribution in [0, 0.1) is 0 Å². The molecule has 0 radical (unpaired) electrons. The lowest BCUT2D eigenvalue weighted by molar-refractivity contribution is -0.142. The number of hydrogen-bond acceptors (Lipinski definition) is 3. The zero-order chi connectivity index (χ0) is 10.5. The van der Waals surface area contributed by atoms with Crippen LogP contribution in [0.15, 0.2) is 0 Å². The van der Waals surface area contributed by atoms with Crippen LogP contribution >= 0.6 is 21.7 Å². The van der Waals surface area contributed by atoms with Crippen molar-refractivity contribution in [2.75, 3.05) is 12.3 Å². The van der Waals surface area contributed by atoms with Crippen molar-refractivity contribution < 1.29 is 23.1 Å². The van der Waals surface area contributed by atoms with E-state index in [9.17, 15) is 18.0 Å². The van der Waals surface area contributed by atoms with E-state index < -0.39 is 24.7 Å². The first-order valence-corrected chi connectivity index (χ1v) is 4.94. The van der Waals surface area contributed by atoms with Gasteiger partial charge in [0.15, 0.2) is 0 Å². The summed E-state index contributed by atoms with van der Waals surface area (Å²) in [5.74, 6) is -1.47. The van der Waals surface area contributed by atoms with Gasteiger partial charge in [0, 0.05) is 5.75 Å². The highest BCUT2D eigenvalue weighted by Gasteiger charge is 2.29. The molecule has 0 bridgehead atoms. The summed E-state index contributed by atoms with van der Waals surface area (Å²) >= 11 is 0. The molecule has 0 aromatic rings. The minimum Gasteiger partial charge on any atom is -0.480 e. The Balaban J connectivity index is 3.90. The number of halogens is 4. The van der Waals surface area contributed by atoms with Crippen molar-refractivity contribution in [3.8, 4) is 0 Å². The second kappa shape index (κ2) is 5.56. The van der Waals surface area contributed by atoms with Crippen molar-refractivity contribution in [2.45, 2.75) is 12.2 Å². The van der Waals surface area contributed by atoms with E-state index in [1.165, 1.54) is 0 Å². The number of alkyl halides is 3. The van der Waals surface area contributed by atoms with Gasteiger partial charge in [-0.2, -0.15) is 13.2 Å². The number of rotatable bonds is 5. The highest BCUT2D eigenvalue weighted by Crippen LogP contribution is 2.14. The predicted molar refractivity (Wildman–Crippen MR) is 43.8 cm³/mol. The Labute approximate surface area is 81.1 Å². The molecule has 0 amide bonds. The number of carboxylic acid groups (broad SMARTS) is 1. The Morgan fingerprint density at radius 1 is 1.62 bits per heavy atom. The Bertz CT molecular complexity index is 178. The number of carboxylic acids is 1. The third-order valence-electron chi connectivity index (χ3n) is 1.08. The second-order valence-electron chi connectivity index (χ2n) is 2.16. The largest absolute Gasteiger partial charge is 0.480 e. The average molecular weight is 238 g/mol. The van der Waals surface area contributed by atoms with Gasteiger partial charge < -0.3 is 5.11 Å². The maximum Gasteiger partial charge on any atom is 0.401 e. The molecule has 0 fully saturated rings. The lowest BCUT2D eigenvalue weighted by atomic mass is 10.3. The standard InChI is InChI=1S/C5H7ClF3NO2S/c6-13-1-3(4(11)12)10-2-5(7,8)9/h3,10H,1-2H2,(H,11,12)/t3-/m0/s1. The molecular weight excluding hydrogens is 231 g/mol. The van der Waals surface area contributed by atoms with Crippen molar-refractivity contribution in [1.82, 2.24) is 5.32 Å². The van der Waals surface area contributed by atoms with Gasteiger partial charge in [0.1, 0.15) is 6.04 Å². The van der Waals surface area contributed by atoms with E-state index in [1.807, 2.05) is 5.32 Å². The van der Waals surface area contributed by atoms with Crippen LogP contribution in [0.4, 0.5) is 13.2 Å². The lowest BCUT2D eigenvalue weighted by Gasteiger charge is -2.13. The molecular formula is C5H7ClF3NO2S. The predicted octanol–water partition coefficient (Wildman–Crippen LogP) is 1.48. The van der Waals surface area contributed by atoms with E-state index in [1.54, 1.807) is 0 Å². The van der Waals surface area contributed by atoms with E-state index in [0.717, 1.165) is 0 Å². The fourth-order valence-electron chi connectivity index (χ4n) is 0.519. The van der Waals surface area contributed by atoms with Gasteiger partial charge >= 0.3 is 12.1 Å². The third kappa shape index (κ3) is 6.97. The van der Waals surface area contributed by atoms with E-state index >= 15 is 0 Å². The molecule has 0 spiro atoms. The van der Waals surface area contributed by atoms with Crippen LogP contribution in [-0.4, -0.2) is 35.6 Å². The number of carbonyl (C=O) groups is 1. The van der Waals surface area contributed by atoms with Crippen LogP contribution in [0.2, 0.25) is 0 Å². The fourth-order valence-corrected chi connectivity index (χ4v) is 1.28. The molecule has 0 saturated heterocycles. The monoisotopic (exact) mass is 237 g/mol. The van der Waals surface area contributed by atoms with E-state index in [4.69, 9.17) is 15.8 Å². The van der Waals surface area contributed by atoms with Crippen molar-refractivity contribution in [3.05, 3.63) is 0 Å².